The zero-order valence-corrected chi connectivity index (χ0v) is 5.33. The lowest BCUT2D eigenvalue weighted by Crippen LogP contribution is -2.32. The first kappa shape index (κ1) is 4.80. The predicted octanol–water partition coefficient (Wildman–Crippen LogP) is 0.879. The quantitative estimate of drug-likeness (QED) is 0.493. The van der Waals surface area contributed by atoms with Gasteiger partial charge < -0.3 is 5.11 Å². The molecule has 0 spiro atoms. The summed E-state index contributed by atoms with van der Waals surface area (Å²) in [7, 11) is 0. The molecule has 0 radical (unpaired) electrons. The summed E-state index contributed by atoms with van der Waals surface area (Å²) in [6, 6.07) is 0. The Hall–Kier alpha value is -0.0400. The first-order chi connectivity index (χ1) is 3.73. The Bertz CT molecular complexity index is 95.6. The predicted molar refractivity (Wildman–Crippen MR) is 31.3 cm³/mol. The number of hydrogen-bond acceptors (Lipinski definition) is 1. The second-order valence-corrected chi connectivity index (χ2v) is 3.36. The Balaban J connectivity index is 2.08. The SMILES string of the molecule is CC1C(O)C2C(C)C12. The average molecular weight is 112 g/mol. The summed E-state index contributed by atoms with van der Waals surface area (Å²) in [4.78, 5) is 0. The molecule has 0 aromatic rings. The maximum Gasteiger partial charge on any atom is 0.0602 e. The van der Waals surface area contributed by atoms with Crippen molar-refractivity contribution in [2.45, 2.75) is 20.0 Å². The molecule has 2 rings (SSSR count). The lowest BCUT2D eigenvalue weighted by atomic mass is 9.84. The molecule has 8 heavy (non-hydrogen) atoms. The monoisotopic (exact) mass is 112 g/mol. The second kappa shape index (κ2) is 1.10. The third-order valence-electron chi connectivity index (χ3n) is 3.06. The number of aliphatic hydroxyl groups is 1. The van der Waals surface area contributed by atoms with E-state index < -0.39 is 0 Å². The van der Waals surface area contributed by atoms with Gasteiger partial charge in [-0.1, -0.05) is 13.8 Å². The van der Waals surface area contributed by atoms with Gasteiger partial charge >= 0.3 is 0 Å². The summed E-state index contributed by atoms with van der Waals surface area (Å²) in [6.07, 6.45) is 0.0509. The molecule has 0 heterocycles. The van der Waals surface area contributed by atoms with E-state index in [-0.39, 0.29) is 6.10 Å². The van der Waals surface area contributed by atoms with Crippen LogP contribution in [0.3, 0.4) is 0 Å². The van der Waals surface area contributed by atoms with Gasteiger partial charge in [-0.05, 0) is 23.7 Å². The Morgan fingerprint density at radius 1 is 1.00 bits per heavy atom. The van der Waals surface area contributed by atoms with Gasteiger partial charge in [0.15, 0.2) is 0 Å². The number of fused-ring (bicyclic) bond motifs is 1. The molecule has 1 N–H and O–H groups in total. The first-order valence-electron chi connectivity index (χ1n) is 3.41. The van der Waals surface area contributed by atoms with Crippen LogP contribution in [0.5, 0.6) is 0 Å². The number of rotatable bonds is 0. The van der Waals surface area contributed by atoms with Gasteiger partial charge in [0.2, 0.25) is 0 Å². The minimum atomic E-state index is 0.0509. The van der Waals surface area contributed by atoms with Crippen LogP contribution in [0.1, 0.15) is 13.8 Å². The molecular formula is C7H12O. The van der Waals surface area contributed by atoms with Crippen LogP contribution in [0.2, 0.25) is 0 Å². The largest absolute Gasteiger partial charge is 0.393 e. The van der Waals surface area contributed by atoms with Crippen molar-refractivity contribution < 1.29 is 5.11 Å². The van der Waals surface area contributed by atoms with Gasteiger partial charge in [-0.2, -0.15) is 0 Å². The summed E-state index contributed by atoms with van der Waals surface area (Å²) in [5.74, 6) is 3.03. The maximum absolute atomic E-state index is 9.20. The van der Waals surface area contributed by atoms with Crippen molar-refractivity contribution in [2.75, 3.05) is 0 Å². The topological polar surface area (TPSA) is 20.2 Å². The third-order valence-corrected chi connectivity index (χ3v) is 3.06. The fraction of sp³-hybridized carbons (Fsp3) is 1.00. The number of hydrogen-bond donors (Lipinski definition) is 1. The Kier molecular flexibility index (Phi) is 0.663. The molecule has 0 saturated heterocycles. The summed E-state index contributed by atoms with van der Waals surface area (Å²) < 4.78 is 0. The highest BCUT2D eigenvalue weighted by Gasteiger charge is 2.64. The van der Waals surface area contributed by atoms with Gasteiger partial charge in [0.25, 0.3) is 0 Å². The minimum Gasteiger partial charge on any atom is -0.393 e. The molecule has 2 aliphatic carbocycles. The van der Waals surface area contributed by atoms with Gasteiger partial charge in [0.05, 0.1) is 6.10 Å². The zero-order valence-electron chi connectivity index (χ0n) is 5.33. The molecule has 2 aliphatic rings. The molecule has 5 unspecified atom stereocenters. The van der Waals surface area contributed by atoms with E-state index in [1.807, 2.05) is 0 Å². The van der Waals surface area contributed by atoms with Crippen LogP contribution < -0.4 is 0 Å². The Morgan fingerprint density at radius 3 is 1.75 bits per heavy atom. The zero-order chi connectivity index (χ0) is 5.89. The van der Waals surface area contributed by atoms with Gasteiger partial charge in [-0.25, -0.2) is 0 Å². The normalized spacial score (nSPS) is 68.6. The van der Waals surface area contributed by atoms with Crippen LogP contribution in [0.25, 0.3) is 0 Å². The fourth-order valence-corrected chi connectivity index (χ4v) is 2.33. The third kappa shape index (κ3) is 0.304. The van der Waals surface area contributed by atoms with Crippen molar-refractivity contribution in [3.8, 4) is 0 Å². The molecule has 46 valence electrons. The highest BCUT2D eigenvalue weighted by molar-refractivity contribution is 5.12. The Labute approximate surface area is 49.7 Å². The highest BCUT2D eigenvalue weighted by atomic mass is 16.3. The standard InChI is InChI=1S/C7H12O/c1-3-5-4(2)7(8)6(3)5/h3-8H,1-2H3. The average Bonchev–Trinajstić information content (AvgIpc) is 2.37. The van der Waals surface area contributed by atoms with E-state index in [0.29, 0.717) is 11.8 Å². The van der Waals surface area contributed by atoms with E-state index in [4.69, 9.17) is 0 Å². The molecule has 0 amide bonds. The lowest BCUT2D eigenvalue weighted by Gasteiger charge is -2.27. The molecular weight excluding hydrogens is 100 g/mol. The van der Waals surface area contributed by atoms with Gasteiger partial charge in [0.1, 0.15) is 0 Å². The van der Waals surface area contributed by atoms with Gasteiger partial charge in [0, 0.05) is 0 Å². The molecule has 5 atom stereocenters. The molecule has 0 aromatic heterocycles. The summed E-state index contributed by atoms with van der Waals surface area (Å²) in [5, 5.41) is 9.20. The van der Waals surface area contributed by atoms with Crippen LogP contribution in [0, 0.1) is 23.7 Å². The van der Waals surface area contributed by atoms with Crippen molar-refractivity contribution in [2.24, 2.45) is 23.7 Å². The summed E-state index contributed by atoms with van der Waals surface area (Å²) in [6.45, 7) is 4.39. The van der Waals surface area contributed by atoms with Crippen LogP contribution in [-0.4, -0.2) is 11.2 Å². The van der Waals surface area contributed by atoms with E-state index in [9.17, 15) is 5.11 Å². The molecule has 0 aliphatic heterocycles. The van der Waals surface area contributed by atoms with Gasteiger partial charge in [-0.15, -0.1) is 0 Å². The smallest absolute Gasteiger partial charge is 0.0602 e. The van der Waals surface area contributed by atoms with Crippen molar-refractivity contribution in [3.63, 3.8) is 0 Å². The van der Waals surface area contributed by atoms with E-state index in [1.165, 1.54) is 0 Å². The summed E-state index contributed by atoms with van der Waals surface area (Å²) in [5.41, 5.74) is 0. The van der Waals surface area contributed by atoms with Crippen molar-refractivity contribution >= 4 is 0 Å². The molecule has 0 aromatic carbocycles. The Morgan fingerprint density at radius 2 is 1.62 bits per heavy atom. The molecule has 2 saturated carbocycles. The van der Waals surface area contributed by atoms with Crippen LogP contribution >= 0.6 is 0 Å². The maximum atomic E-state index is 9.20. The molecule has 1 heteroatoms. The van der Waals surface area contributed by atoms with Crippen molar-refractivity contribution in [1.29, 1.82) is 0 Å². The molecule has 1 nitrogen and oxygen atoms in total. The van der Waals surface area contributed by atoms with E-state index in [0.717, 1.165) is 11.8 Å². The van der Waals surface area contributed by atoms with E-state index >= 15 is 0 Å². The van der Waals surface area contributed by atoms with Crippen molar-refractivity contribution in [3.05, 3.63) is 0 Å². The van der Waals surface area contributed by atoms with E-state index in [1.54, 1.807) is 0 Å². The molecule has 2 fully saturated rings. The van der Waals surface area contributed by atoms with E-state index in [2.05, 4.69) is 13.8 Å². The second-order valence-electron chi connectivity index (χ2n) is 3.36. The fourth-order valence-electron chi connectivity index (χ4n) is 2.33. The highest BCUT2D eigenvalue weighted by Crippen LogP contribution is 2.64. The lowest BCUT2D eigenvalue weighted by molar-refractivity contribution is 0.0207. The minimum absolute atomic E-state index is 0.0509. The first-order valence-corrected chi connectivity index (χ1v) is 3.41. The van der Waals surface area contributed by atoms with Crippen LogP contribution in [-0.2, 0) is 0 Å². The number of aliphatic hydroxyl groups excluding tert-OH is 1. The summed E-state index contributed by atoms with van der Waals surface area (Å²) >= 11 is 0. The van der Waals surface area contributed by atoms with Crippen LogP contribution in [0.4, 0.5) is 0 Å². The van der Waals surface area contributed by atoms with Crippen LogP contribution in [0.15, 0.2) is 0 Å². The molecule has 0 bridgehead atoms. The van der Waals surface area contributed by atoms with Gasteiger partial charge in [-0.3, -0.25) is 0 Å². The van der Waals surface area contributed by atoms with Crippen molar-refractivity contribution in [1.82, 2.24) is 0 Å².